The van der Waals surface area contributed by atoms with E-state index in [1.165, 1.54) is 32.1 Å². The number of ether oxygens (including phenoxy) is 2. The minimum Gasteiger partial charge on any atom is -0.434 e. The smallest absolute Gasteiger partial charge is 0.434 e. The highest BCUT2D eigenvalue weighted by Crippen LogP contribution is 2.10. The Labute approximate surface area is 128 Å². The van der Waals surface area contributed by atoms with Gasteiger partial charge >= 0.3 is 6.16 Å². The Morgan fingerprint density at radius 2 is 1.57 bits per heavy atom. The van der Waals surface area contributed by atoms with Gasteiger partial charge in [0.05, 0.1) is 6.61 Å². The van der Waals surface area contributed by atoms with E-state index in [-0.39, 0.29) is 0 Å². The Hall–Kier alpha value is -1.77. The van der Waals surface area contributed by atoms with Crippen LogP contribution in [0, 0.1) is 0 Å². The standard InChI is InChI=1S/C18H26O3/c1-2-3-4-5-6-7-8-9-13-16-20-18(19)21-17-14-11-10-12-15-17/h2,10-12,14-15H,1,3-9,13,16H2. The molecule has 1 aromatic carbocycles. The van der Waals surface area contributed by atoms with E-state index in [1.54, 1.807) is 12.1 Å². The normalized spacial score (nSPS) is 10.1. The van der Waals surface area contributed by atoms with Gasteiger partial charge in [0.2, 0.25) is 0 Å². The van der Waals surface area contributed by atoms with Crippen molar-refractivity contribution < 1.29 is 14.3 Å². The predicted molar refractivity (Wildman–Crippen MR) is 85.6 cm³/mol. The molecule has 0 amide bonds. The summed E-state index contributed by atoms with van der Waals surface area (Å²) >= 11 is 0. The fourth-order valence-corrected chi connectivity index (χ4v) is 2.04. The van der Waals surface area contributed by atoms with Gasteiger partial charge in [0.15, 0.2) is 0 Å². The van der Waals surface area contributed by atoms with Crippen molar-refractivity contribution >= 4 is 6.16 Å². The van der Waals surface area contributed by atoms with E-state index < -0.39 is 6.16 Å². The van der Waals surface area contributed by atoms with Crippen molar-refractivity contribution in [3.05, 3.63) is 43.0 Å². The molecule has 0 aromatic heterocycles. The second kappa shape index (κ2) is 12.0. The summed E-state index contributed by atoms with van der Waals surface area (Å²) < 4.78 is 10.1. The lowest BCUT2D eigenvalue weighted by Gasteiger charge is -2.05. The summed E-state index contributed by atoms with van der Waals surface area (Å²) in [6.07, 6.45) is 10.7. The van der Waals surface area contributed by atoms with Gasteiger partial charge in [0, 0.05) is 0 Å². The molecule has 0 N–H and O–H groups in total. The maximum atomic E-state index is 11.4. The van der Waals surface area contributed by atoms with E-state index in [0.29, 0.717) is 12.4 Å². The minimum absolute atomic E-state index is 0.433. The molecule has 3 nitrogen and oxygen atoms in total. The van der Waals surface area contributed by atoms with E-state index in [2.05, 4.69) is 6.58 Å². The molecule has 1 rings (SSSR count). The average molecular weight is 290 g/mol. The van der Waals surface area contributed by atoms with Gasteiger partial charge in [-0.2, -0.15) is 0 Å². The van der Waals surface area contributed by atoms with Crippen LogP contribution in [0.1, 0.15) is 51.4 Å². The van der Waals surface area contributed by atoms with Gasteiger partial charge in [-0.15, -0.1) is 6.58 Å². The van der Waals surface area contributed by atoms with Crippen molar-refractivity contribution in [1.82, 2.24) is 0 Å². The average Bonchev–Trinajstić information content (AvgIpc) is 2.50. The zero-order valence-corrected chi connectivity index (χ0v) is 12.8. The molecule has 0 aliphatic rings. The molecule has 21 heavy (non-hydrogen) atoms. The summed E-state index contributed by atoms with van der Waals surface area (Å²) in [5.41, 5.74) is 0. The number of carbonyl (C=O) groups is 1. The van der Waals surface area contributed by atoms with Gasteiger partial charge in [-0.25, -0.2) is 4.79 Å². The van der Waals surface area contributed by atoms with Gasteiger partial charge in [-0.3, -0.25) is 0 Å². The lowest BCUT2D eigenvalue weighted by atomic mass is 10.1. The first-order valence-electron chi connectivity index (χ1n) is 7.83. The van der Waals surface area contributed by atoms with Gasteiger partial charge in [0.25, 0.3) is 0 Å². The van der Waals surface area contributed by atoms with Crippen LogP contribution in [-0.2, 0) is 4.74 Å². The van der Waals surface area contributed by atoms with Crippen LogP contribution in [-0.4, -0.2) is 12.8 Å². The van der Waals surface area contributed by atoms with Crippen LogP contribution in [0.3, 0.4) is 0 Å². The topological polar surface area (TPSA) is 35.5 Å². The molecular formula is C18H26O3. The van der Waals surface area contributed by atoms with Crippen LogP contribution in [0.15, 0.2) is 43.0 Å². The van der Waals surface area contributed by atoms with E-state index in [0.717, 1.165) is 19.3 Å². The third-order valence-electron chi connectivity index (χ3n) is 3.22. The molecular weight excluding hydrogens is 264 g/mol. The summed E-state index contributed by atoms with van der Waals surface area (Å²) in [5.74, 6) is 0.516. The number of carbonyl (C=O) groups excluding carboxylic acids is 1. The highest BCUT2D eigenvalue weighted by atomic mass is 16.7. The van der Waals surface area contributed by atoms with Crippen molar-refractivity contribution in [2.24, 2.45) is 0 Å². The first kappa shape index (κ1) is 17.3. The van der Waals surface area contributed by atoms with Crippen LogP contribution in [0.4, 0.5) is 4.79 Å². The lowest BCUT2D eigenvalue weighted by Crippen LogP contribution is -2.11. The highest BCUT2D eigenvalue weighted by Gasteiger charge is 2.04. The summed E-state index contributed by atoms with van der Waals surface area (Å²) in [6, 6.07) is 8.96. The molecule has 116 valence electrons. The molecule has 0 bridgehead atoms. The molecule has 0 unspecified atom stereocenters. The quantitative estimate of drug-likeness (QED) is 0.233. The van der Waals surface area contributed by atoms with E-state index in [1.807, 2.05) is 24.3 Å². The largest absolute Gasteiger partial charge is 0.513 e. The molecule has 0 saturated carbocycles. The van der Waals surface area contributed by atoms with Crippen LogP contribution >= 0.6 is 0 Å². The Morgan fingerprint density at radius 1 is 0.952 bits per heavy atom. The van der Waals surface area contributed by atoms with Crippen molar-refractivity contribution in [2.75, 3.05) is 6.61 Å². The fourth-order valence-electron chi connectivity index (χ4n) is 2.04. The monoisotopic (exact) mass is 290 g/mol. The number of hydrogen-bond donors (Lipinski definition) is 0. The van der Waals surface area contributed by atoms with Crippen molar-refractivity contribution in [2.45, 2.75) is 51.4 Å². The number of unbranched alkanes of at least 4 members (excludes halogenated alkanes) is 7. The first-order valence-corrected chi connectivity index (χ1v) is 7.83. The maximum Gasteiger partial charge on any atom is 0.513 e. The van der Waals surface area contributed by atoms with Crippen LogP contribution in [0.5, 0.6) is 5.75 Å². The van der Waals surface area contributed by atoms with Crippen LogP contribution in [0.2, 0.25) is 0 Å². The third kappa shape index (κ3) is 9.72. The number of allylic oxidation sites excluding steroid dienone is 1. The Morgan fingerprint density at radius 3 is 2.24 bits per heavy atom. The number of para-hydroxylation sites is 1. The first-order chi connectivity index (χ1) is 10.3. The zero-order chi connectivity index (χ0) is 15.2. The van der Waals surface area contributed by atoms with Crippen LogP contribution in [0.25, 0.3) is 0 Å². The fraction of sp³-hybridized carbons (Fsp3) is 0.500. The SMILES string of the molecule is C=CCCCCCCCCCOC(=O)Oc1ccccc1. The summed E-state index contributed by atoms with van der Waals surface area (Å²) in [6.45, 7) is 4.15. The Bertz CT molecular complexity index is 387. The van der Waals surface area contributed by atoms with Crippen molar-refractivity contribution in [3.8, 4) is 5.75 Å². The zero-order valence-electron chi connectivity index (χ0n) is 12.8. The molecule has 0 aliphatic carbocycles. The molecule has 3 heteroatoms. The van der Waals surface area contributed by atoms with E-state index >= 15 is 0 Å². The third-order valence-corrected chi connectivity index (χ3v) is 3.22. The van der Waals surface area contributed by atoms with Crippen molar-refractivity contribution in [3.63, 3.8) is 0 Å². The molecule has 1 aromatic rings. The van der Waals surface area contributed by atoms with Gasteiger partial charge < -0.3 is 9.47 Å². The number of hydrogen-bond acceptors (Lipinski definition) is 3. The summed E-state index contributed by atoms with van der Waals surface area (Å²) in [7, 11) is 0. The molecule has 0 fully saturated rings. The molecule has 0 atom stereocenters. The molecule has 0 spiro atoms. The number of benzene rings is 1. The van der Waals surface area contributed by atoms with Crippen LogP contribution < -0.4 is 4.74 Å². The van der Waals surface area contributed by atoms with Gasteiger partial charge in [0.1, 0.15) is 5.75 Å². The molecule has 0 aliphatic heterocycles. The molecule has 0 heterocycles. The van der Waals surface area contributed by atoms with Gasteiger partial charge in [-0.05, 0) is 31.4 Å². The highest BCUT2D eigenvalue weighted by molar-refractivity contribution is 5.63. The van der Waals surface area contributed by atoms with Gasteiger partial charge in [-0.1, -0.05) is 56.4 Å². The maximum absolute atomic E-state index is 11.4. The van der Waals surface area contributed by atoms with Crippen molar-refractivity contribution in [1.29, 1.82) is 0 Å². The lowest BCUT2D eigenvalue weighted by molar-refractivity contribution is 0.0973. The second-order valence-corrected chi connectivity index (χ2v) is 5.07. The van der Waals surface area contributed by atoms with E-state index in [9.17, 15) is 4.79 Å². The Kier molecular flexibility index (Phi) is 9.88. The summed E-state index contributed by atoms with van der Waals surface area (Å²) in [4.78, 5) is 11.4. The molecule has 0 radical (unpaired) electrons. The Balaban J connectivity index is 1.90. The summed E-state index contributed by atoms with van der Waals surface area (Å²) in [5, 5.41) is 0. The number of rotatable bonds is 11. The van der Waals surface area contributed by atoms with E-state index in [4.69, 9.17) is 9.47 Å². The molecule has 0 saturated heterocycles. The minimum atomic E-state index is -0.620. The predicted octanol–water partition coefficient (Wildman–Crippen LogP) is 5.51. The second-order valence-electron chi connectivity index (χ2n) is 5.07.